The van der Waals surface area contributed by atoms with Crippen molar-refractivity contribution >= 4 is 0 Å². The second-order valence-electron chi connectivity index (χ2n) is 4.53. The highest BCUT2D eigenvalue weighted by Gasteiger charge is 2.13. The van der Waals surface area contributed by atoms with Crippen LogP contribution in [0.5, 0.6) is 0 Å². The Morgan fingerprint density at radius 1 is 1.62 bits per heavy atom. The van der Waals surface area contributed by atoms with E-state index >= 15 is 0 Å². The average molecular weight is 221 g/mol. The molecule has 1 aromatic rings. The number of aromatic nitrogens is 2. The van der Waals surface area contributed by atoms with Gasteiger partial charge in [-0.3, -0.25) is 4.79 Å². The summed E-state index contributed by atoms with van der Waals surface area (Å²) < 4.78 is 1.56. The van der Waals surface area contributed by atoms with Gasteiger partial charge in [-0.25, -0.2) is 4.68 Å². The number of nitrogens with zero attached hydrogens (tertiary/aromatic N) is 2. The van der Waals surface area contributed by atoms with Crippen LogP contribution in [-0.2, 0) is 6.54 Å². The van der Waals surface area contributed by atoms with Gasteiger partial charge in [-0.05, 0) is 44.7 Å². The van der Waals surface area contributed by atoms with E-state index in [9.17, 15) is 4.79 Å². The highest BCUT2D eigenvalue weighted by atomic mass is 16.1. The van der Waals surface area contributed by atoms with E-state index in [-0.39, 0.29) is 5.56 Å². The van der Waals surface area contributed by atoms with Crippen LogP contribution in [0.15, 0.2) is 17.1 Å². The smallest absolute Gasteiger partial charge is 0.266 e. The van der Waals surface area contributed by atoms with Gasteiger partial charge in [0.2, 0.25) is 0 Å². The van der Waals surface area contributed by atoms with Crippen LogP contribution in [0.1, 0.15) is 31.2 Å². The maximum atomic E-state index is 11.6. The van der Waals surface area contributed by atoms with Gasteiger partial charge in [0.1, 0.15) is 0 Å². The first-order valence-electron chi connectivity index (χ1n) is 6.03. The molecule has 4 nitrogen and oxygen atoms in total. The van der Waals surface area contributed by atoms with Crippen LogP contribution in [-0.4, -0.2) is 22.4 Å². The van der Waals surface area contributed by atoms with Crippen LogP contribution in [0.3, 0.4) is 0 Å². The van der Waals surface area contributed by atoms with Crippen molar-refractivity contribution in [2.75, 3.05) is 6.54 Å². The lowest BCUT2D eigenvalue weighted by atomic mass is 10.1. The van der Waals surface area contributed by atoms with Crippen molar-refractivity contribution in [3.8, 4) is 0 Å². The van der Waals surface area contributed by atoms with Crippen LogP contribution in [0.2, 0.25) is 0 Å². The molecule has 0 amide bonds. The minimum atomic E-state index is 0.0133. The predicted molar refractivity (Wildman–Crippen MR) is 63.5 cm³/mol. The highest BCUT2D eigenvalue weighted by Crippen LogP contribution is 2.10. The van der Waals surface area contributed by atoms with Crippen molar-refractivity contribution in [1.29, 1.82) is 0 Å². The molecule has 1 N–H and O–H groups in total. The zero-order chi connectivity index (χ0) is 11.4. The molecule has 16 heavy (non-hydrogen) atoms. The summed E-state index contributed by atoms with van der Waals surface area (Å²) in [5, 5.41) is 7.58. The molecule has 0 aromatic carbocycles. The molecule has 0 saturated carbocycles. The molecular weight excluding hydrogens is 202 g/mol. The zero-order valence-corrected chi connectivity index (χ0v) is 9.78. The summed E-state index contributed by atoms with van der Waals surface area (Å²) >= 11 is 0. The predicted octanol–water partition coefficient (Wildman–Crippen LogP) is 1.08. The fraction of sp³-hybridized carbons (Fsp3) is 0.667. The maximum Gasteiger partial charge on any atom is 0.266 e. The molecule has 1 fully saturated rings. The molecule has 2 heterocycles. The Labute approximate surface area is 95.7 Å². The van der Waals surface area contributed by atoms with Gasteiger partial charge in [-0.2, -0.15) is 5.10 Å². The SMILES string of the molecule is Cc1cnn(CCCC2CCCN2)c(=O)c1. The molecular formula is C12H19N3O. The summed E-state index contributed by atoms with van der Waals surface area (Å²) in [6, 6.07) is 2.29. The van der Waals surface area contributed by atoms with E-state index < -0.39 is 0 Å². The lowest BCUT2D eigenvalue weighted by Gasteiger charge is -2.09. The fourth-order valence-corrected chi connectivity index (χ4v) is 2.18. The number of hydrogen-bond donors (Lipinski definition) is 1. The molecule has 0 spiro atoms. The van der Waals surface area contributed by atoms with Crippen LogP contribution < -0.4 is 10.9 Å². The Bertz CT molecular complexity index is 393. The Kier molecular flexibility index (Phi) is 3.72. The van der Waals surface area contributed by atoms with Gasteiger partial charge in [0.15, 0.2) is 0 Å². The second-order valence-corrected chi connectivity index (χ2v) is 4.53. The summed E-state index contributed by atoms with van der Waals surface area (Å²) in [6.07, 6.45) is 6.47. The molecule has 1 aromatic heterocycles. The molecule has 1 aliphatic rings. The maximum absolute atomic E-state index is 11.6. The van der Waals surface area contributed by atoms with Gasteiger partial charge in [0.25, 0.3) is 5.56 Å². The molecule has 0 radical (unpaired) electrons. The van der Waals surface area contributed by atoms with Crippen LogP contribution in [0.25, 0.3) is 0 Å². The molecule has 0 bridgehead atoms. The molecule has 88 valence electrons. The molecule has 1 atom stereocenters. The molecule has 1 unspecified atom stereocenters. The quantitative estimate of drug-likeness (QED) is 0.827. The Morgan fingerprint density at radius 2 is 2.50 bits per heavy atom. The largest absolute Gasteiger partial charge is 0.314 e. The van der Waals surface area contributed by atoms with Crippen molar-refractivity contribution in [3.63, 3.8) is 0 Å². The third-order valence-electron chi connectivity index (χ3n) is 3.09. The summed E-state index contributed by atoms with van der Waals surface area (Å²) in [5.41, 5.74) is 0.943. The van der Waals surface area contributed by atoms with Gasteiger partial charge in [0, 0.05) is 18.7 Å². The minimum Gasteiger partial charge on any atom is -0.314 e. The summed E-state index contributed by atoms with van der Waals surface area (Å²) in [6.45, 7) is 3.77. The van der Waals surface area contributed by atoms with Crippen LogP contribution in [0, 0.1) is 6.92 Å². The minimum absolute atomic E-state index is 0.0133. The Balaban J connectivity index is 1.82. The first-order valence-corrected chi connectivity index (χ1v) is 6.03. The normalized spacial score (nSPS) is 20.2. The third-order valence-corrected chi connectivity index (χ3v) is 3.09. The fourth-order valence-electron chi connectivity index (χ4n) is 2.18. The van der Waals surface area contributed by atoms with Crippen molar-refractivity contribution in [2.45, 2.75) is 45.2 Å². The second kappa shape index (κ2) is 5.25. The van der Waals surface area contributed by atoms with E-state index in [1.165, 1.54) is 12.8 Å². The number of rotatable bonds is 4. The van der Waals surface area contributed by atoms with Crippen molar-refractivity contribution in [3.05, 3.63) is 28.2 Å². The van der Waals surface area contributed by atoms with E-state index in [4.69, 9.17) is 0 Å². The topological polar surface area (TPSA) is 46.9 Å². The highest BCUT2D eigenvalue weighted by molar-refractivity contribution is 5.02. The standard InChI is InChI=1S/C12H19N3O/c1-10-8-12(16)15(14-9-10)7-3-5-11-4-2-6-13-11/h8-9,11,13H,2-7H2,1H3. The van der Waals surface area contributed by atoms with Crippen molar-refractivity contribution in [2.24, 2.45) is 0 Å². The summed E-state index contributed by atoms with van der Waals surface area (Å²) in [5.74, 6) is 0. The Hall–Kier alpha value is -1.16. The lowest BCUT2D eigenvalue weighted by Crippen LogP contribution is -2.25. The van der Waals surface area contributed by atoms with Gasteiger partial charge in [0.05, 0.1) is 6.20 Å². The summed E-state index contributed by atoms with van der Waals surface area (Å²) in [7, 11) is 0. The van der Waals surface area contributed by atoms with Gasteiger partial charge < -0.3 is 5.32 Å². The average Bonchev–Trinajstić information content (AvgIpc) is 2.74. The van der Waals surface area contributed by atoms with E-state index in [1.54, 1.807) is 16.9 Å². The summed E-state index contributed by atoms with van der Waals surface area (Å²) in [4.78, 5) is 11.6. The zero-order valence-electron chi connectivity index (χ0n) is 9.78. The van der Waals surface area contributed by atoms with Gasteiger partial charge in [-0.1, -0.05) is 0 Å². The molecule has 0 aliphatic carbocycles. The van der Waals surface area contributed by atoms with E-state index in [0.717, 1.165) is 31.5 Å². The third kappa shape index (κ3) is 2.92. The van der Waals surface area contributed by atoms with Crippen molar-refractivity contribution < 1.29 is 0 Å². The first kappa shape index (κ1) is 11.3. The molecule has 1 aliphatic heterocycles. The number of aryl methyl sites for hydroxylation is 2. The van der Waals surface area contributed by atoms with Crippen LogP contribution >= 0.6 is 0 Å². The van der Waals surface area contributed by atoms with Gasteiger partial charge >= 0.3 is 0 Å². The molecule has 2 rings (SSSR count). The van der Waals surface area contributed by atoms with Crippen LogP contribution in [0.4, 0.5) is 0 Å². The molecule has 1 saturated heterocycles. The van der Waals surface area contributed by atoms with E-state index in [0.29, 0.717) is 6.04 Å². The van der Waals surface area contributed by atoms with Crippen molar-refractivity contribution in [1.82, 2.24) is 15.1 Å². The van der Waals surface area contributed by atoms with E-state index in [2.05, 4.69) is 10.4 Å². The lowest BCUT2D eigenvalue weighted by molar-refractivity contribution is 0.472. The monoisotopic (exact) mass is 221 g/mol. The Morgan fingerprint density at radius 3 is 3.19 bits per heavy atom. The first-order chi connectivity index (χ1) is 7.75. The number of nitrogens with one attached hydrogen (secondary N) is 1. The van der Waals surface area contributed by atoms with Gasteiger partial charge in [-0.15, -0.1) is 0 Å². The number of hydrogen-bond acceptors (Lipinski definition) is 3. The van der Waals surface area contributed by atoms with E-state index in [1.807, 2.05) is 6.92 Å². The molecule has 4 heteroatoms.